The molecular weight excluding hydrogens is 508 g/mol. The zero-order chi connectivity index (χ0) is 28.2. The predicted molar refractivity (Wildman–Crippen MR) is 152 cm³/mol. The molecule has 10 heteroatoms. The molecule has 0 bridgehead atoms. The van der Waals surface area contributed by atoms with Gasteiger partial charge in [-0.15, -0.1) is 0 Å². The summed E-state index contributed by atoms with van der Waals surface area (Å²) in [6, 6.07) is 20.9. The summed E-state index contributed by atoms with van der Waals surface area (Å²) in [4.78, 5) is 43.2. The summed E-state index contributed by atoms with van der Waals surface area (Å²) < 4.78 is 2.98. The summed E-state index contributed by atoms with van der Waals surface area (Å²) in [6.45, 7) is 1.85. The van der Waals surface area contributed by atoms with Crippen LogP contribution in [0.15, 0.2) is 77.7 Å². The molecule has 4 aromatic rings. The molecule has 1 saturated carbocycles. The van der Waals surface area contributed by atoms with Crippen molar-refractivity contribution in [1.82, 2.24) is 25.1 Å². The summed E-state index contributed by atoms with van der Waals surface area (Å²) in [5, 5.41) is 11.0. The van der Waals surface area contributed by atoms with E-state index in [0.29, 0.717) is 22.6 Å². The number of carbonyl (C=O) groups excluding carboxylic acids is 2. The molecule has 1 fully saturated rings. The van der Waals surface area contributed by atoms with Crippen LogP contribution in [-0.4, -0.2) is 39.4 Å². The Kier molecular flexibility index (Phi) is 7.79. The number of urea groups is 1. The van der Waals surface area contributed by atoms with Crippen molar-refractivity contribution >= 4 is 17.8 Å². The average Bonchev–Trinajstić information content (AvgIpc) is 3.55. The third-order valence-electron chi connectivity index (χ3n) is 7.31. The number of hydrogen-bond acceptors (Lipinski definition) is 5. The molecule has 2 atom stereocenters. The van der Waals surface area contributed by atoms with Crippen LogP contribution in [0.1, 0.15) is 46.7 Å². The Morgan fingerprint density at radius 1 is 1.02 bits per heavy atom. The van der Waals surface area contributed by atoms with Crippen LogP contribution in [0.3, 0.4) is 0 Å². The minimum Gasteiger partial charge on any atom is -0.334 e. The Morgan fingerprint density at radius 3 is 2.42 bits per heavy atom. The molecule has 3 amide bonds. The van der Waals surface area contributed by atoms with Crippen molar-refractivity contribution in [3.05, 3.63) is 100.0 Å². The molecule has 206 valence electrons. The lowest BCUT2D eigenvalue weighted by molar-refractivity contribution is 0.0535. The molecule has 40 heavy (non-hydrogen) atoms. The van der Waals surface area contributed by atoms with Crippen LogP contribution in [0.2, 0.25) is 0 Å². The van der Waals surface area contributed by atoms with Crippen molar-refractivity contribution in [1.29, 1.82) is 0 Å². The van der Waals surface area contributed by atoms with E-state index < -0.39 is 11.5 Å². The summed E-state index contributed by atoms with van der Waals surface area (Å²) in [6.07, 6.45) is 4.58. The first-order valence-electron chi connectivity index (χ1n) is 13.2. The molecular formula is C30H32N6O4. The van der Waals surface area contributed by atoms with E-state index >= 15 is 0 Å². The van der Waals surface area contributed by atoms with Gasteiger partial charge in [0.05, 0.1) is 18.5 Å². The Morgan fingerprint density at radius 2 is 1.73 bits per heavy atom. The number of amides is 3. The first kappa shape index (κ1) is 26.9. The topological polar surface area (TPSA) is 119 Å². The second kappa shape index (κ2) is 11.6. The van der Waals surface area contributed by atoms with E-state index in [1.807, 2.05) is 55.5 Å². The zero-order valence-electron chi connectivity index (χ0n) is 22.7. The van der Waals surface area contributed by atoms with Gasteiger partial charge in [-0.1, -0.05) is 55.0 Å². The van der Waals surface area contributed by atoms with Gasteiger partial charge in [0.15, 0.2) is 0 Å². The first-order chi connectivity index (χ1) is 19.4. The Balaban J connectivity index is 1.49. The molecule has 2 heterocycles. The second-order valence-electron chi connectivity index (χ2n) is 9.92. The molecule has 1 aliphatic carbocycles. The maximum atomic E-state index is 13.4. The number of nitrogens with zero attached hydrogens (tertiary/aromatic N) is 3. The molecule has 0 unspecified atom stereocenters. The van der Waals surface area contributed by atoms with Crippen molar-refractivity contribution in [3.63, 3.8) is 0 Å². The van der Waals surface area contributed by atoms with Gasteiger partial charge in [0.25, 0.3) is 11.5 Å². The molecule has 0 radical (unpaired) electrons. The number of benzene rings is 2. The van der Waals surface area contributed by atoms with Gasteiger partial charge < -0.3 is 9.88 Å². The van der Waals surface area contributed by atoms with Crippen molar-refractivity contribution in [2.24, 2.45) is 7.05 Å². The van der Waals surface area contributed by atoms with E-state index in [2.05, 4.69) is 28.2 Å². The fourth-order valence-electron chi connectivity index (χ4n) is 5.37. The molecule has 1 aliphatic rings. The van der Waals surface area contributed by atoms with Gasteiger partial charge in [-0.3, -0.25) is 19.7 Å². The van der Waals surface area contributed by atoms with E-state index in [1.54, 1.807) is 17.9 Å². The van der Waals surface area contributed by atoms with E-state index in [1.165, 1.54) is 23.3 Å². The summed E-state index contributed by atoms with van der Waals surface area (Å²) >= 11 is 0. The third kappa shape index (κ3) is 5.39. The number of anilines is 1. The SMILES string of the molecule is CONC(=O)c1cc(-c2nn(-c3ccccc3)c(NC(=O)N[C@@H]3CCC[C@H]3c3ccccc3)c2C)cn(C)c1=O. The number of aromatic nitrogens is 3. The van der Waals surface area contributed by atoms with Crippen LogP contribution in [0.25, 0.3) is 16.9 Å². The fourth-order valence-corrected chi connectivity index (χ4v) is 5.37. The maximum Gasteiger partial charge on any atom is 0.320 e. The number of aryl methyl sites for hydroxylation is 1. The predicted octanol–water partition coefficient (Wildman–Crippen LogP) is 4.30. The van der Waals surface area contributed by atoms with E-state index in [0.717, 1.165) is 24.9 Å². The third-order valence-corrected chi connectivity index (χ3v) is 7.31. The van der Waals surface area contributed by atoms with Gasteiger partial charge in [0.1, 0.15) is 11.4 Å². The highest BCUT2D eigenvalue weighted by molar-refractivity contribution is 5.95. The first-order valence-corrected chi connectivity index (χ1v) is 13.2. The van der Waals surface area contributed by atoms with Crippen molar-refractivity contribution in [2.75, 3.05) is 12.4 Å². The number of hydroxylamine groups is 1. The average molecular weight is 541 g/mol. The second-order valence-corrected chi connectivity index (χ2v) is 9.92. The Hall–Kier alpha value is -4.70. The maximum absolute atomic E-state index is 13.4. The minimum absolute atomic E-state index is 0.0146. The van der Waals surface area contributed by atoms with Gasteiger partial charge in [-0.05, 0) is 43.5 Å². The number of nitrogens with one attached hydrogen (secondary N) is 3. The molecule has 0 aliphatic heterocycles. The lowest BCUT2D eigenvalue weighted by Gasteiger charge is -2.22. The van der Waals surface area contributed by atoms with Crippen LogP contribution in [-0.2, 0) is 11.9 Å². The quantitative estimate of drug-likeness (QED) is 0.302. The number of pyridine rings is 1. The highest BCUT2D eigenvalue weighted by Crippen LogP contribution is 2.35. The van der Waals surface area contributed by atoms with E-state index in [-0.39, 0.29) is 23.6 Å². The van der Waals surface area contributed by atoms with Crippen LogP contribution in [0.5, 0.6) is 0 Å². The number of para-hydroxylation sites is 1. The molecule has 2 aromatic heterocycles. The van der Waals surface area contributed by atoms with Crippen LogP contribution < -0.4 is 21.7 Å². The molecule has 10 nitrogen and oxygen atoms in total. The van der Waals surface area contributed by atoms with Gasteiger partial charge in [0, 0.05) is 36.3 Å². The highest BCUT2D eigenvalue weighted by atomic mass is 16.6. The molecule has 0 saturated heterocycles. The Bertz CT molecular complexity index is 1580. The van der Waals surface area contributed by atoms with E-state index in [4.69, 9.17) is 9.94 Å². The number of rotatable bonds is 7. The van der Waals surface area contributed by atoms with Gasteiger partial charge >= 0.3 is 6.03 Å². The van der Waals surface area contributed by atoms with Gasteiger partial charge in [0.2, 0.25) is 0 Å². The standard InChI is InChI=1S/C30H32N6O4/c1-19-26(21-17-24(28(37)34-40-3)29(38)35(2)18-21)33-36(22-13-8-5-9-14-22)27(19)32-30(39)31-25-16-10-15-23(25)20-11-6-4-7-12-20/h4-9,11-14,17-18,23,25H,10,15-16H2,1-3H3,(H,34,37)(H2,31,32,39)/t23-,25+/m0/s1. The molecule has 0 spiro atoms. The zero-order valence-corrected chi connectivity index (χ0v) is 22.7. The van der Waals surface area contributed by atoms with E-state index in [9.17, 15) is 14.4 Å². The molecule has 2 aromatic carbocycles. The summed E-state index contributed by atoms with van der Waals surface area (Å²) in [5.74, 6) is 0.0852. The minimum atomic E-state index is -0.660. The van der Waals surface area contributed by atoms with Crippen molar-refractivity contribution in [2.45, 2.75) is 38.1 Å². The highest BCUT2D eigenvalue weighted by Gasteiger charge is 2.30. The molecule has 3 N–H and O–H groups in total. The summed E-state index contributed by atoms with van der Waals surface area (Å²) in [7, 11) is 2.87. The van der Waals surface area contributed by atoms with Crippen LogP contribution >= 0.6 is 0 Å². The lowest BCUT2D eigenvalue weighted by Crippen LogP contribution is -2.39. The van der Waals surface area contributed by atoms with Crippen molar-refractivity contribution in [3.8, 4) is 16.9 Å². The van der Waals surface area contributed by atoms with Gasteiger partial charge in [-0.25, -0.2) is 15.0 Å². The van der Waals surface area contributed by atoms with Crippen molar-refractivity contribution < 1.29 is 14.4 Å². The fraction of sp³-hybridized carbons (Fsp3) is 0.267. The lowest BCUT2D eigenvalue weighted by atomic mass is 9.94. The van der Waals surface area contributed by atoms with Crippen LogP contribution in [0.4, 0.5) is 10.6 Å². The molecule has 5 rings (SSSR count). The monoisotopic (exact) mass is 540 g/mol. The summed E-state index contributed by atoms with van der Waals surface area (Å²) in [5.41, 5.74) is 5.35. The largest absolute Gasteiger partial charge is 0.334 e. The smallest absolute Gasteiger partial charge is 0.320 e. The normalized spacial score (nSPS) is 16.5. The number of hydrogen-bond donors (Lipinski definition) is 3. The van der Waals surface area contributed by atoms with Gasteiger partial charge in [-0.2, -0.15) is 5.10 Å². The number of carbonyl (C=O) groups is 2. The Labute approximate surface area is 231 Å². The van der Waals surface area contributed by atoms with Crippen LogP contribution in [0, 0.1) is 6.92 Å².